The summed E-state index contributed by atoms with van der Waals surface area (Å²) in [5.41, 5.74) is 0. The normalized spacial score (nSPS) is 11.9. The maximum Gasteiger partial charge on any atom is 0.450 e. The van der Waals surface area contributed by atoms with Crippen molar-refractivity contribution < 1.29 is 22.8 Å². The van der Waals surface area contributed by atoms with E-state index in [1.165, 1.54) is 0 Å². The largest absolute Gasteiger partial charge is 0.450 e. The number of rotatable bonds is 7. The molecule has 0 aliphatic heterocycles. The van der Waals surface area contributed by atoms with Crippen molar-refractivity contribution in [3.63, 3.8) is 0 Å². The van der Waals surface area contributed by atoms with Gasteiger partial charge in [-0.05, 0) is 12.3 Å². The van der Waals surface area contributed by atoms with Gasteiger partial charge < -0.3 is 0 Å². The molecule has 94 valence electrons. The summed E-state index contributed by atoms with van der Waals surface area (Å²) in [5, 5.41) is 0. The molecule has 0 unspecified atom stereocenters. The fraction of sp³-hybridized carbons (Fsp3) is 0.818. The molecule has 2 nitrogen and oxygen atoms in total. The van der Waals surface area contributed by atoms with Gasteiger partial charge in [0, 0.05) is 6.42 Å². The van der Waals surface area contributed by atoms with Crippen LogP contribution in [0.4, 0.5) is 13.2 Å². The lowest BCUT2D eigenvalue weighted by Gasteiger charge is -2.05. The van der Waals surface area contributed by atoms with E-state index in [1.807, 2.05) is 13.8 Å². The van der Waals surface area contributed by atoms with E-state index in [2.05, 4.69) is 0 Å². The van der Waals surface area contributed by atoms with Crippen LogP contribution in [0.5, 0.6) is 0 Å². The number of alkyl halides is 3. The van der Waals surface area contributed by atoms with Crippen LogP contribution in [0.15, 0.2) is 0 Å². The highest BCUT2D eigenvalue weighted by atomic mass is 19.4. The Bertz CT molecular complexity index is 244. The van der Waals surface area contributed by atoms with E-state index >= 15 is 0 Å². The monoisotopic (exact) mass is 238 g/mol. The predicted octanol–water partition coefficient (Wildman–Crippen LogP) is 3.29. The molecule has 0 aromatic rings. The number of hydrogen-bond acceptors (Lipinski definition) is 2. The first kappa shape index (κ1) is 15.1. The van der Waals surface area contributed by atoms with E-state index in [9.17, 15) is 22.8 Å². The molecule has 0 bridgehead atoms. The van der Waals surface area contributed by atoms with Gasteiger partial charge >= 0.3 is 6.18 Å². The minimum Gasteiger partial charge on any atom is -0.299 e. The highest BCUT2D eigenvalue weighted by Crippen LogP contribution is 2.18. The Kier molecular flexibility index (Phi) is 6.29. The van der Waals surface area contributed by atoms with Crippen LogP contribution < -0.4 is 0 Å². The zero-order valence-electron chi connectivity index (χ0n) is 9.56. The highest BCUT2D eigenvalue weighted by molar-refractivity contribution is 6.01. The van der Waals surface area contributed by atoms with Gasteiger partial charge in [0.1, 0.15) is 5.78 Å². The summed E-state index contributed by atoms with van der Waals surface area (Å²) in [6.45, 7) is 4.07. The van der Waals surface area contributed by atoms with Gasteiger partial charge in [0.15, 0.2) is 0 Å². The Morgan fingerprint density at radius 3 is 2.12 bits per heavy atom. The Morgan fingerprint density at radius 2 is 1.69 bits per heavy atom. The molecule has 0 atom stereocenters. The average Bonchev–Trinajstić information content (AvgIpc) is 2.10. The summed E-state index contributed by atoms with van der Waals surface area (Å²) in [6, 6.07) is 0. The maximum absolute atomic E-state index is 11.8. The molecule has 0 aliphatic rings. The molecule has 16 heavy (non-hydrogen) atoms. The van der Waals surface area contributed by atoms with E-state index in [0.717, 1.165) is 12.8 Å². The summed E-state index contributed by atoms with van der Waals surface area (Å²) in [6.07, 6.45) is -3.51. The van der Waals surface area contributed by atoms with E-state index in [-0.39, 0.29) is 6.42 Å². The van der Waals surface area contributed by atoms with Gasteiger partial charge in [-0.1, -0.05) is 26.7 Å². The second kappa shape index (κ2) is 6.66. The van der Waals surface area contributed by atoms with Gasteiger partial charge in [-0.3, -0.25) is 9.59 Å². The fourth-order valence-corrected chi connectivity index (χ4v) is 1.24. The summed E-state index contributed by atoms with van der Waals surface area (Å²) in [7, 11) is 0. The van der Waals surface area contributed by atoms with Gasteiger partial charge in [0.05, 0.1) is 6.42 Å². The zero-order valence-corrected chi connectivity index (χ0v) is 9.56. The molecule has 0 aliphatic carbocycles. The smallest absolute Gasteiger partial charge is 0.299 e. The van der Waals surface area contributed by atoms with Crippen molar-refractivity contribution in [2.45, 2.75) is 52.1 Å². The zero-order chi connectivity index (χ0) is 12.8. The molecule has 0 aromatic heterocycles. The lowest BCUT2D eigenvalue weighted by molar-refractivity contribution is -0.171. The molecule has 5 heteroatoms. The molecule has 0 rings (SSSR count). The number of carbonyl (C=O) groups is 2. The van der Waals surface area contributed by atoms with Crippen LogP contribution in [-0.4, -0.2) is 17.7 Å². The molecular formula is C11H17F3O2. The van der Waals surface area contributed by atoms with Gasteiger partial charge in [0.25, 0.3) is 0 Å². The molecule has 0 aromatic carbocycles. The van der Waals surface area contributed by atoms with Crippen LogP contribution in [-0.2, 0) is 9.59 Å². The number of unbranched alkanes of at least 4 members (excludes halogenated alkanes) is 1. The lowest BCUT2D eigenvalue weighted by atomic mass is 10.0. The summed E-state index contributed by atoms with van der Waals surface area (Å²) in [5.74, 6) is -2.04. The van der Waals surface area contributed by atoms with Crippen LogP contribution in [0.25, 0.3) is 0 Å². The van der Waals surface area contributed by atoms with Crippen LogP contribution in [0.2, 0.25) is 0 Å². The summed E-state index contributed by atoms with van der Waals surface area (Å²) >= 11 is 0. The van der Waals surface area contributed by atoms with Crippen molar-refractivity contribution in [1.29, 1.82) is 0 Å². The highest BCUT2D eigenvalue weighted by Gasteiger charge is 2.38. The Labute approximate surface area is 93.2 Å². The Hall–Kier alpha value is -0.870. The second-order valence-electron chi connectivity index (χ2n) is 4.28. The third-order valence-corrected chi connectivity index (χ3v) is 2.16. The molecule has 0 N–H and O–H groups in total. The summed E-state index contributed by atoms with van der Waals surface area (Å²) in [4.78, 5) is 21.5. The van der Waals surface area contributed by atoms with Gasteiger partial charge in [0.2, 0.25) is 5.78 Å². The standard InChI is InChI=1S/C11H17F3O2/c1-8(2)5-3-4-6-9(15)7-10(16)11(12,13)14/h8H,3-7H2,1-2H3. The van der Waals surface area contributed by atoms with Crippen molar-refractivity contribution in [3.05, 3.63) is 0 Å². The average molecular weight is 238 g/mol. The van der Waals surface area contributed by atoms with Crippen molar-refractivity contribution in [2.24, 2.45) is 5.92 Å². The minimum atomic E-state index is -4.88. The van der Waals surface area contributed by atoms with Crippen LogP contribution in [0.1, 0.15) is 46.0 Å². The molecule has 0 heterocycles. The van der Waals surface area contributed by atoms with Crippen molar-refractivity contribution in [1.82, 2.24) is 0 Å². The summed E-state index contributed by atoms with van der Waals surface area (Å²) < 4.78 is 35.4. The molecule has 0 radical (unpaired) electrons. The molecular weight excluding hydrogens is 221 g/mol. The number of carbonyl (C=O) groups excluding carboxylic acids is 2. The molecule has 0 saturated heterocycles. The van der Waals surface area contributed by atoms with Gasteiger partial charge in [-0.15, -0.1) is 0 Å². The number of ketones is 2. The van der Waals surface area contributed by atoms with Crippen LogP contribution >= 0.6 is 0 Å². The molecule has 0 saturated carbocycles. The van der Waals surface area contributed by atoms with Crippen LogP contribution in [0.3, 0.4) is 0 Å². The Balaban J connectivity index is 3.72. The molecule has 0 fully saturated rings. The SMILES string of the molecule is CC(C)CCCCC(=O)CC(=O)C(F)(F)F. The third kappa shape index (κ3) is 7.43. The predicted molar refractivity (Wildman–Crippen MR) is 54.0 cm³/mol. The molecule has 0 spiro atoms. The topological polar surface area (TPSA) is 34.1 Å². The quantitative estimate of drug-likeness (QED) is 0.503. The van der Waals surface area contributed by atoms with E-state index in [0.29, 0.717) is 12.3 Å². The first-order valence-corrected chi connectivity index (χ1v) is 5.35. The van der Waals surface area contributed by atoms with E-state index in [4.69, 9.17) is 0 Å². The second-order valence-corrected chi connectivity index (χ2v) is 4.28. The van der Waals surface area contributed by atoms with E-state index < -0.39 is 24.2 Å². The fourth-order valence-electron chi connectivity index (χ4n) is 1.24. The number of halogens is 3. The third-order valence-electron chi connectivity index (χ3n) is 2.16. The Morgan fingerprint density at radius 1 is 1.12 bits per heavy atom. The number of hydrogen-bond donors (Lipinski definition) is 0. The van der Waals surface area contributed by atoms with E-state index in [1.54, 1.807) is 0 Å². The van der Waals surface area contributed by atoms with Crippen molar-refractivity contribution in [2.75, 3.05) is 0 Å². The minimum absolute atomic E-state index is 0.0640. The van der Waals surface area contributed by atoms with Crippen molar-refractivity contribution >= 4 is 11.6 Å². The molecule has 0 amide bonds. The number of Topliss-reactive ketones (excluding diaryl/α,β-unsaturated/α-hetero) is 2. The van der Waals surface area contributed by atoms with Crippen molar-refractivity contribution in [3.8, 4) is 0 Å². The first-order valence-electron chi connectivity index (χ1n) is 5.35. The lowest BCUT2D eigenvalue weighted by Crippen LogP contribution is -2.25. The first-order chi connectivity index (χ1) is 7.23. The van der Waals surface area contributed by atoms with Gasteiger partial charge in [-0.2, -0.15) is 13.2 Å². The van der Waals surface area contributed by atoms with Gasteiger partial charge in [-0.25, -0.2) is 0 Å². The maximum atomic E-state index is 11.8. The van der Waals surface area contributed by atoms with Crippen LogP contribution in [0, 0.1) is 5.92 Å².